The Hall–Kier alpha value is -1.39. The summed E-state index contributed by atoms with van der Waals surface area (Å²) in [5.41, 5.74) is 3.06. The van der Waals surface area contributed by atoms with Crippen molar-refractivity contribution in [3.8, 4) is 0 Å². The molecule has 0 aliphatic rings. The number of fused-ring (bicyclic) bond motifs is 1. The van der Waals surface area contributed by atoms with Crippen LogP contribution in [0.25, 0.3) is 11.0 Å². The van der Waals surface area contributed by atoms with Gasteiger partial charge in [0.25, 0.3) is 0 Å². The number of rotatable bonds is 3. The van der Waals surface area contributed by atoms with Gasteiger partial charge in [-0.3, -0.25) is 0 Å². The summed E-state index contributed by atoms with van der Waals surface area (Å²) in [6.45, 7) is 0.118. The lowest BCUT2D eigenvalue weighted by atomic mass is 10.1. The van der Waals surface area contributed by atoms with Gasteiger partial charge in [0.1, 0.15) is 0 Å². The van der Waals surface area contributed by atoms with Gasteiger partial charge in [-0.25, -0.2) is 4.98 Å². The quantitative estimate of drug-likeness (QED) is 0.790. The average molecular weight is 205 g/mol. The normalized spacial score (nSPS) is 13.6. The van der Waals surface area contributed by atoms with Crippen molar-refractivity contribution < 1.29 is 5.11 Å². The molecule has 0 amide bonds. The van der Waals surface area contributed by atoms with E-state index in [1.807, 2.05) is 37.2 Å². The first-order chi connectivity index (χ1) is 7.22. The fraction of sp³-hybridized carbons (Fsp3) is 0.364. The molecule has 2 rings (SSSR count). The van der Waals surface area contributed by atoms with Crippen LogP contribution in [0.1, 0.15) is 11.6 Å². The third-order valence-corrected chi connectivity index (χ3v) is 2.63. The van der Waals surface area contributed by atoms with Crippen molar-refractivity contribution >= 4 is 11.0 Å². The Bertz CT molecular complexity index is 450. The zero-order chi connectivity index (χ0) is 10.8. The first-order valence-electron chi connectivity index (χ1n) is 4.92. The second-order valence-electron chi connectivity index (χ2n) is 3.84. The number of aromatic amines is 1. The topological polar surface area (TPSA) is 52.1 Å². The largest absolute Gasteiger partial charge is 0.394 e. The van der Waals surface area contributed by atoms with Crippen LogP contribution in [-0.2, 0) is 0 Å². The Kier molecular flexibility index (Phi) is 2.70. The van der Waals surface area contributed by atoms with Gasteiger partial charge in [-0.2, -0.15) is 0 Å². The van der Waals surface area contributed by atoms with Gasteiger partial charge in [-0.05, 0) is 31.8 Å². The Morgan fingerprint density at radius 3 is 2.93 bits per heavy atom. The number of nitrogens with zero attached hydrogens (tertiary/aromatic N) is 2. The summed E-state index contributed by atoms with van der Waals surface area (Å²) < 4.78 is 0. The number of nitrogens with one attached hydrogen (secondary N) is 1. The molecule has 1 heterocycles. The number of hydrogen-bond acceptors (Lipinski definition) is 3. The van der Waals surface area contributed by atoms with Crippen LogP contribution in [-0.4, -0.2) is 40.7 Å². The Labute approximate surface area is 88.6 Å². The smallest absolute Gasteiger partial charge is 0.0931 e. The second-order valence-corrected chi connectivity index (χ2v) is 3.84. The molecule has 2 aromatic rings. The summed E-state index contributed by atoms with van der Waals surface area (Å²) in [6, 6.07) is 6.04. The predicted molar refractivity (Wildman–Crippen MR) is 59.6 cm³/mol. The summed E-state index contributed by atoms with van der Waals surface area (Å²) >= 11 is 0. The van der Waals surface area contributed by atoms with E-state index in [-0.39, 0.29) is 12.6 Å². The number of H-pyrrole nitrogens is 1. The zero-order valence-electron chi connectivity index (χ0n) is 8.94. The molecular formula is C11H15N3O. The summed E-state index contributed by atoms with van der Waals surface area (Å²) in [5, 5.41) is 9.31. The molecule has 1 unspecified atom stereocenters. The van der Waals surface area contributed by atoms with Crippen molar-refractivity contribution in [3.63, 3.8) is 0 Å². The van der Waals surface area contributed by atoms with E-state index in [2.05, 4.69) is 9.97 Å². The van der Waals surface area contributed by atoms with Gasteiger partial charge < -0.3 is 15.0 Å². The molecule has 0 bridgehead atoms. The Morgan fingerprint density at radius 1 is 1.47 bits per heavy atom. The van der Waals surface area contributed by atoms with Crippen LogP contribution < -0.4 is 0 Å². The maximum Gasteiger partial charge on any atom is 0.0931 e. The van der Waals surface area contributed by atoms with E-state index in [0.717, 1.165) is 16.6 Å². The highest BCUT2D eigenvalue weighted by Crippen LogP contribution is 2.20. The summed E-state index contributed by atoms with van der Waals surface area (Å²) in [5.74, 6) is 0. The molecule has 1 aromatic heterocycles. The van der Waals surface area contributed by atoms with Gasteiger partial charge >= 0.3 is 0 Å². The molecular weight excluding hydrogens is 190 g/mol. The molecule has 80 valence electrons. The molecule has 0 fully saturated rings. The lowest BCUT2D eigenvalue weighted by Gasteiger charge is -2.22. The zero-order valence-corrected chi connectivity index (χ0v) is 8.94. The number of likely N-dealkylation sites (N-methyl/N-ethyl adjacent to an activating group) is 1. The molecule has 0 spiro atoms. The maximum absolute atomic E-state index is 9.31. The van der Waals surface area contributed by atoms with Crippen molar-refractivity contribution in [1.29, 1.82) is 0 Å². The molecule has 2 N–H and O–H groups in total. The molecule has 0 saturated heterocycles. The van der Waals surface area contributed by atoms with Crippen LogP contribution in [0.4, 0.5) is 0 Å². The van der Waals surface area contributed by atoms with Gasteiger partial charge in [-0.1, -0.05) is 6.07 Å². The lowest BCUT2D eigenvalue weighted by molar-refractivity contribution is 0.171. The van der Waals surface area contributed by atoms with Crippen molar-refractivity contribution in [3.05, 3.63) is 30.1 Å². The van der Waals surface area contributed by atoms with Crippen LogP contribution in [0, 0.1) is 0 Å². The maximum atomic E-state index is 9.31. The summed E-state index contributed by atoms with van der Waals surface area (Å²) in [6.07, 6.45) is 1.68. The lowest BCUT2D eigenvalue weighted by Crippen LogP contribution is -2.22. The highest BCUT2D eigenvalue weighted by molar-refractivity contribution is 5.75. The number of aliphatic hydroxyl groups is 1. The number of imidazole rings is 1. The molecule has 1 atom stereocenters. The van der Waals surface area contributed by atoms with Crippen molar-refractivity contribution in [1.82, 2.24) is 14.9 Å². The minimum Gasteiger partial charge on any atom is -0.394 e. The molecule has 15 heavy (non-hydrogen) atoms. The van der Waals surface area contributed by atoms with Gasteiger partial charge in [0.05, 0.1) is 30.0 Å². The van der Waals surface area contributed by atoms with Gasteiger partial charge in [0.2, 0.25) is 0 Å². The van der Waals surface area contributed by atoms with E-state index in [0.29, 0.717) is 0 Å². The SMILES string of the molecule is CN(C)C(CO)c1ccc2nc[nH]c2c1. The molecule has 4 nitrogen and oxygen atoms in total. The fourth-order valence-corrected chi connectivity index (χ4v) is 1.73. The molecule has 1 aromatic carbocycles. The standard InChI is InChI=1S/C11H15N3O/c1-14(2)11(6-15)8-3-4-9-10(5-8)13-7-12-9/h3-5,7,11,15H,6H2,1-2H3,(H,12,13). The highest BCUT2D eigenvalue weighted by Gasteiger charge is 2.13. The van der Waals surface area contributed by atoms with E-state index in [9.17, 15) is 5.11 Å². The van der Waals surface area contributed by atoms with Crippen LogP contribution in [0.3, 0.4) is 0 Å². The van der Waals surface area contributed by atoms with E-state index in [1.165, 1.54) is 0 Å². The summed E-state index contributed by atoms with van der Waals surface area (Å²) in [7, 11) is 3.91. The van der Waals surface area contributed by atoms with Crippen LogP contribution in [0.2, 0.25) is 0 Å². The Morgan fingerprint density at radius 2 is 2.27 bits per heavy atom. The first-order valence-corrected chi connectivity index (χ1v) is 4.92. The molecule has 0 aliphatic carbocycles. The van der Waals surface area contributed by atoms with Crippen molar-refractivity contribution in [2.24, 2.45) is 0 Å². The van der Waals surface area contributed by atoms with E-state index >= 15 is 0 Å². The van der Waals surface area contributed by atoms with Crippen LogP contribution >= 0.6 is 0 Å². The van der Waals surface area contributed by atoms with Gasteiger partial charge in [-0.15, -0.1) is 0 Å². The van der Waals surface area contributed by atoms with Gasteiger partial charge in [0, 0.05) is 0 Å². The minimum absolute atomic E-state index is 0.0395. The highest BCUT2D eigenvalue weighted by atomic mass is 16.3. The Balaban J connectivity index is 2.41. The van der Waals surface area contributed by atoms with Crippen LogP contribution in [0.5, 0.6) is 0 Å². The van der Waals surface area contributed by atoms with E-state index in [1.54, 1.807) is 6.33 Å². The second kappa shape index (κ2) is 4.00. The molecule has 0 radical (unpaired) electrons. The number of hydrogen-bond donors (Lipinski definition) is 2. The van der Waals surface area contributed by atoms with Crippen molar-refractivity contribution in [2.75, 3.05) is 20.7 Å². The fourth-order valence-electron chi connectivity index (χ4n) is 1.73. The van der Waals surface area contributed by atoms with Crippen LogP contribution in [0.15, 0.2) is 24.5 Å². The number of aliphatic hydroxyl groups excluding tert-OH is 1. The summed E-state index contributed by atoms with van der Waals surface area (Å²) in [4.78, 5) is 9.22. The first kappa shape index (κ1) is 10.1. The molecule has 4 heteroatoms. The van der Waals surface area contributed by atoms with E-state index < -0.39 is 0 Å². The van der Waals surface area contributed by atoms with E-state index in [4.69, 9.17) is 0 Å². The minimum atomic E-state index is 0.0395. The molecule has 0 saturated carbocycles. The average Bonchev–Trinajstić information content (AvgIpc) is 2.65. The van der Waals surface area contributed by atoms with Crippen molar-refractivity contribution in [2.45, 2.75) is 6.04 Å². The van der Waals surface area contributed by atoms with Gasteiger partial charge in [0.15, 0.2) is 0 Å². The number of benzene rings is 1. The molecule has 0 aliphatic heterocycles. The predicted octanol–water partition coefficient (Wildman–Crippen LogP) is 1.16. The third kappa shape index (κ3) is 1.86. The number of aromatic nitrogens is 2. The monoisotopic (exact) mass is 205 g/mol. The third-order valence-electron chi connectivity index (χ3n) is 2.63.